The highest BCUT2D eigenvalue weighted by molar-refractivity contribution is 5.78. The number of benzene rings is 1. The molecule has 110 valence electrons. The smallest absolute Gasteiger partial charge is 0.224 e. The van der Waals surface area contributed by atoms with Gasteiger partial charge in [0.2, 0.25) is 5.91 Å². The lowest BCUT2D eigenvalue weighted by Gasteiger charge is -2.28. The second kappa shape index (κ2) is 7.44. The van der Waals surface area contributed by atoms with E-state index >= 15 is 0 Å². The summed E-state index contributed by atoms with van der Waals surface area (Å²) in [4.78, 5) is 14.3. The standard InChI is InChI=1S/C17H26N2O/c1-14-7-9-15(10-8-14)5-3-11-18-17(20)16-6-4-12-19(2)13-16/h7-10,16H,3-6,11-13H2,1-2H3,(H,18,20). The molecule has 0 saturated carbocycles. The van der Waals surface area contributed by atoms with Crippen molar-refractivity contribution in [3.63, 3.8) is 0 Å². The maximum atomic E-state index is 12.1. The van der Waals surface area contributed by atoms with Crippen LogP contribution in [0.3, 0.4) is 0 Å². The van der Waals surface area contributed by atoms with E-state index in [0.29, 0.717) is 0 Å². The molecule has 1 aromatic rings. The van der Waals surface area contributed by atoms with Crippen molar-refractivity contribution in [1.29, 1.82) is 0 Å². The summed E-state index contributed by atoms with van der Waals surface area (Å²) < 4.78 is 0. The molecule has 3 nitrogen and oxygen atoms in total. The Morgan fingerprint density at radius 2 is 2.10 bits per heavy atom. The van der Waals surface area contributed by atoms with Gasteiger partial charge in [0.1, 0.15) is 0 Å². The van der Waals surface area contributed by atoms with Crippen LogP contribution < -0.4 is 5.32 Å². The number of hydrogen-bond donors (Lipinski definition) is 1. The molecule has 1 fully saturated rings. The number of hydrogen-bond acceptors (Lipinski definition) is 2. The van der Waals surface area contributed by atoms with Crippen LogP contribution in [-0.4, -0.2) is 37.5 Å². The van der Waals surface area contributed by atoms with E-state index in [9.17, 15) is 4.79 Å². The number of rotatable bonds is 5. The highest BCUT2D eigenvalue weighted by Gasteiger charge is 2.23. The van der Waals surface area contributed by atoms with E-state index in [4.69, 9.17) is 0 Å². The van der Waals surface area contributed by atoms with Gasteiger partial charge in [0, 0.05) is 13.1 Å². The van der Waals surface area contributed by atoms with E-state index in [1.807, 2.05) is 0 Å². The second-order valence-corrected chi connectivity index (χ2v) is 5.98. The van der Waals surface area contributed by atoms with Gasteiger partial charge in [-0.2, -0.15) is 0 Å². The first-order chi connectivity index (χ1) is 9.65. The van der Waals surface area contributed by atoms with Gasteiger partial charge in [0.15, 0.2) is 0 Å². The van der Waals surface area contributed by atoms with Crippen LogP contribution in [0.1, 0.15) is 30.4 Å². The maximum Gasteiger partial charge on any atom is 0.224 e. The van der Waals surface area contributed by atoms with Gasteiger partial charge in [0.25, 0.3) is 0 Å². The molecule has 1 aromatic carbocycles. The molecule has 1 saturated heterocycles. The van der Waals surface area contributed by atoms with Gasteiger partial charge in [-0.1, -0.05) is 29.8 Å². The number of carbonyl (C=O) groups is 1. The third-order valence-electron chi connectivity index (χ3n) is 4.06. The lowest BCUT2D eigenvalue weighted by atomic mass is 9.97. The fourth-order valence-corrected chi connectivity index (χ4v) is 2.78. The highest BCUT2D eigenvalue weighted by Crippen LogP contribution is 2.15. The Bertz CT molecular complexity index is 427. The average Bonchev–Trinajstić information content (AvgIpc) is 2.45. The van der Waals surface area contributed by atoms with Crippen molar-refractivity contribution < 1.29 is 4.79 Å². The summed E-state index contributed by atoms with van der Waals surface area (Å²) in [6, 6.07) is 8.64. The molecule has 1 aliphatic rings. The summed E-state index contributed by atoms with van der Waals surface area (Å²) in [6.07, 6.45) is 4.22. The molecular weight excluding hydrogens is 248 g/mol. The van der Waals surface area contributed by atoms with E-state index in [1.165, 1.54) is 11.1 Å². The monoisotopic (exact) mass is 274 g/mol. The van der Waals surface area contributed by atoms with Crippen LogP contribution in [0.2, 0.25) is 0 Å². The summed E-state index contributed by atoms with van der Waals surface area (Å²) in [6.45, 7) is 4.92. The van der Waals surface area contributed by atoms with E-state index in [-0.39, 0.29) is 11.8 Å². The zero-order valence-corrected chi connectivity index (χ0v) is 12.7. The fraction of sp³-hybridized carbons (Fsp3) is 0.588. The number of nitrogens with one attached hydrogen (secondary N) is 1. The minimum absolute atomic E-state index is 0.188. The predicted octanol–water partition coefficient (Wildman–Crippen LogP) is 2.39. The van der Waals surface area contributed by atoms with Crippen LogP contribution in [0.4, 0.5) is 0 Å². The zero-order valence-electron chi connectivity index (χ0n) is 12.7. The van der Waals surface area contributed by atoms with Crippen molar-refractivity contribution in [2.24, 2.45) is 5.92 Å². The molecule has 2 rings (SSSR count). The first-order valence-corrected chi connectivity index (χ1v) is 7.67. The quantitative estimate of drug-likeness (QED) is 0.836. The van der Waals surface area contributed by atoms with Crippen molar-refractivity contribution >= 4 is 5.91 Å². The zero-order chi connectivity index (χ0) is 14.4. The van der Waals surface area contributed by atoms with Gasteiger partial charge >= 0.3 is 0 Å². The molecule has 0 aliphatic carbocycles. The molecule has 0 aromatic heterocycles. The van der Waals surface area contributed by atoms with Crippen molar-refractivity contribution in [2.75, 3.05) is 26.7 Å². The summed E-state index contributed by atoms with van der Waals surface area (Å²) in [7, 11) is 2.09. The van der Waals surface area contributed by atoms with Gasteiger partial charge in [0.05, 0.1) is 5.92 Å². The number of amides is 1. The van der Waals surface area contributed by atoms with E-state index < -0.39 is 0 Å². The number of aryl methyl sites for hydroxylation is 2. The molecule has 1 N–H and O–H groups in total. The number of nitrogens with zero attached hydrogens (tertiary/aromatic N) is 1. The highest BCUT2D eigenvalue weighted by atomic mass is 16.1. The summed E-state index contributed by atoms with van der Waals surface area (Å²) in [5.41, 5.74) is 2.64. The van der Waals surface area contributed by atoms with Gasteiger partial charge in [-0.3, -0.25) is 4.79 Å². The van der Waals surface area contributed by atoms with Crippen molar-refractivity contribution in [3.8, 4) is 0 Å². The normalized spacial score (nSPS) is 19.8. The largest absolute Gasteiger partial charge is 0.356 e. The Balaban J connectivity index is 1.65. The molecule has 1 aliphatic heterocycles. The third kappa shape index (κ3) is 4.64. The van der Waals surface area contributed by atoms with Crippen molar-refractivity contribution in [1.82, 2.24) is 10.2 Å². The topological polar surface area (TPSA) is 32.3 Å². The molecule has 0 bridgehead atoms. The molecular formula is C17H26N2O. The Kier molecular flexibility index (Phi) is 5.60. The fourth-order valence-electron chi connectivity index (χ4n) is 2.78. The van der Waals surface area contributed by atoms with Gasteiger partial charge in [-0.15, -0.1) is 0 Å². The Morgan fingerprint density at radius 1 is 1.35 bits per heavy atom. The van der Waals surface area contributed by atoms with Crippen LogP contribution >= 0.6 is 0 Å². The Hall–Kier alpha value is -1.35. The van der Waals surface area contributed by atoms with E-state index in [0.717, 1.165) is 45.3 Å². The molecule has 1 amide bonds. The van der Waals surface area contributed by atoms with Crippen LogP contribution in [0.15, 0.2) is 24.3 Å². The summed E-state index contributed by atoms with van der Waals surface area (Å²) in [5, 5.41) is 3.09. The van der Waals surface area contributed by atoms with Crippen LogP contribution in [-0.2, 0) is 11.2 Å². The SMILES string of the molecule is Cc1ccc(CCCNC(=O)C2CCCN(C)C2)cc1. The molecule has 3 heteroatoms. The third-order valence-corrected chi connectivity index (χ3v) is 4.06. The summed E-state index contributed by atoms with van der Waals surface area (Å²) in [5.74, 6) is 0.425. The first kappa shape index (κ1) is 15.0. The lowest BCUT2D eigenvalue weighted by Crippen LogP contribution is -2.41. The average molecular weight is 274 g/mol. The first-order valence-electron chi connectivity index (χ1n) is 7.67. The van der Waals surface area contributed by atoms with Crippen molar-refractivity contribution in [2.45, 2.75) is 32.6 Å². The van der Waals surface area contributed by atoms with Crippen LogP contribution in [0.25, 0.3) is 0 Å². The Labute approximate surface area is 122 Å². The molecule has 1 atom stereocenters. The van der Waals surface area contributed by atoms with Gasteiger partial charge in [-0.25, -0.2) is 0 Å². The molecule has 0 radical (unpaired) electrons. The minimum Gasteiger partial charge on any atom is -0.356 e. The number of piperidine rings is 1. The lowest BCUT2D eigenvalue weighted by molar-refractivity contribution is -0.126. The minimum atomic E-state index is 0.188. The van der Waals surface area contributed by atoms with E-state index in [1.54, 1.807) is 0 Å². The summed E-state index contributed by atoms with van der Waals surface area (Å²) >= 11 is 0. The van der Waals surface area contributed by atoms with Gasteiger partial charge < -0.3 is 10.2 Å². The second-order valence-electron chi connectivity index (χ2n) is 5.98. The predicted molar refractivity (Wildman–Crippen MR) is 82.7 cm³/mol. The van der Waals surface area contributed by atoms with Gasteiger partial charge in [-0.05, 0) is 51.8 Å². The molecule has 20 heavy (non-hydrogen) atoms. The number of carbonyl (C=O) groups excluding carboxylic acids is 1. The van der Waals surface area contributed by atoms with Crippen LogP contribution in [0, 0.1) is 12.8 Å². The van der Waals surface area contributed by atoms with E-state index in [2.05, 4.69) is 48.5 Å². The van der Waals surface area contributed by atoms with Crippen LogP contribution in [0.5, 0.6) is 0 Å². The van der Waals surface area contributed by atoms with Crippen molar-refractivity contribution in [3.05, 3.63) is 35.4 Å². The molecule has 0 spiro atoms. The maximum absolute atomic E-state index is 12.1. The molecule has 1 heterocycles. The molecule has 1 unspecified atom stereocenters. The Morgan fingerprint density at radius 3 is 2.80 bits per heavy atom. The number of likely N-dealkylation sites (tertiary alicyclic amines) is 1.